The third-order valence-corrected chi connectivity index (χ3v) is 6.47. The molecule has 7 heteroatoms. The van der Waals surface area contributed by atoms with Crippen LogP contribution in [0.2, 0.25) is 0 Å². The third kappa shape index (κ3) is 3.31. The molecule has 0 saturated carbocycles. The van der Waals surface area contributed by atoms with Crippen molar-refractivity contribution in [3.05, 3.63) is 44.0 Å². The predicted octanol–water partition coefficient (Wildman–Crippen LogP) is 3.78. The van der Waals surface area contributed by atoms with Gasteiger partial charge in [0.2, 0.25) is 5.95 Å². The highest BCUT2D eigenvalue weighted by Gasteiger charge is 2.20. The summed E-state index contributed by atoms with van der Waals surface area (Å²) in [5, 5.41) is 4.10. The first-order chi connectivity index (χ1) is 12.7. The summed E-state index contributed by atoms with van der Waals surface area (Å²) in [4.78, 5) is 25.0. The molecule has 0 amide bonds. The van der Waals surface area contributed by atoms with E-state index in [1.807, 2.05) is 12.1 Å². The summed E-state index contributed by atoms with van der Waals surface area (Å²) in [5.74, 6) is 0.692. The molecule has 1 aliphatic heterocycles. The molecule has 5 nitrogen and oxygen atoms in total. The van der Waals surface area contributed by atoms with Crippen LogP contribution in [-0.4, -0.2) is 36.1 Å². The zero-order chi connectivity index (χ0) is 18.1. The Labute approximate surface area is 164 Å². The van der Waals surface area contributed by atoms with Crippen LogP contribution in [0, 0.1) is 0 Å². The number of halogens is 1. The molecule has 136 valence electrons. The van der Waals surface area contributed by atoms with Crippen molar-refractivity contribution in [2.24, 2.45) is 0 Å². The summed E-state index contributed by atoms with van der Waals surface area (Å²) in [5.41, 5.74) is 2.05. The van der Waals surface area contributed by atoms with Gasteiger partial charge in [0.05, 0.1) is 5.39 Å². The number of aromatic nitrogens is 2. The maximum absolute atomic E-state index is 13.0. The van der Waals surface area contributed by atoms with Crippen molar-refractivity contribution in [2.45, 2.75) is 19.8 Å². The maximum Gasteiger partial charge on any atom is 0.261 e. The van der Waals surface area contributed by atoms with E-state index in [0.29, 0.717) is 11.3 Å². The van der Waals surface area contributed by atoms with Crippen molar-refractivity contribution in [3.8, 4) is 11.1 Å². The quantitative estimate of drug-likeness (QED) is 0.660. The van der Waals surface area contributed by atoms with Gasteiger partial charge >= 0.3 is 0 Å². The summed E-state index contributed by atoms with van der Waals surface area (Å²) in [6.45, 7) is 5.82. The van der Waals surface area contributed by atoms with Crippen LogP contribution in [0.25, 0.3) is 21.3 Å². The van der Waals surface area contributed by atoms with Crippen LogP contribution < -0.4 is 15.8 Å². The lowest BCUT2D eigenvalue weighted by Crippen LogP contribution is -2.31. The highest BCUT2D eigenvalue weighted by Crippen LogP contribution is 2.37. The topological polar surface area (TPSA) is 61.0 Å². The standard InChI is InChI=1S/C19H21BrN4OS/c1-2-14-15(12-4-6-13(20)7-5-12)16-17(25)22-19(23-18(16)26-14)24-10-3-8-21-9-11-24/h4-7,21H,2-3,8-11H2,1H3,(H,22,23,25). The Morgan fingerprint density at radius 3 is 2.81 bits per heavy atom. The van der Waals surface area contributed by atoms with Crippen LogP contribution >= 0.6 is 27.3 Å². The summed E-state index contributed by atoms with van der Waals surface area (Å²) in [6, 6.07) is 8.13. The van der Waals surface area contributed by atoms with Crippen molar-refractivity contribution in [3.63, 3.8) is 0 Å². The van der Waals surface area contributed by atoms with Gasteiger partial charge in [-0.05, 0) is 37.1 Å². The molecule has 2 N–H and O–H groups in total. The third-order valence-electron chi connectivity index (χ3n) is 4.72. The fraction of sp³-hybridized carbons (Fsp3) is 0.368. The maximum atomic E-state index is 13.0. The average Bonchev–Trinajstić information content (AvgIpc) is 2.82. The lowest BCUT2D eigenvalue weighted by atomic mass is 10.0. The molecule has 3 aromatic rings. The van der Waals surface area contributed by atoms with Gasteiger partial charge in [0.1, 0.15) is 4.83 Å². The number of H-pyrrole nitrogens is 1. The van der Waals surface area contributed by atoms with Crippen LogP contribution in [0.15, 0.2) is 33.5 Å². The second-order valence-electron chi connectivity index (χ2n) is 6.42. The van der Waals surface area contributed by atoms with Gasteiger partial charge in [-0.25, -0.2) is 4.98 Å². The summed E-state index contributed by atoms with van der Waals surface area (Å²) in [6.07, 6.45) is 1.94. The Morgan fingerprint density at radius 1 is 1.23 bits per heavy atom. The number of hydrogen-bond acceptors (Lipinski definition) is 5. The number of anilines is 1. The fourth-order valence-corrected chi connectivity index (χ4v) is 4.81. The summed E-state index contributed by atoms with van der Waals surface area (Å²) in [7, 11) is 0. The molecule has 1 fully saturated rings. The highest BCUT2D eigenvalue weighted by molar-refractivity contribution is 9.10. The van der Waals surface area contributed by atoms with E-state index in [1.54, 1.807) is 11.3 Å². The van der Waals surface area contributed by atoms with Crippen molar-refractivity contribution in [1.82, 2.24) is 15.3 Å². The second-order valence-corrected chi connectivity index (χ2v) is 8.42. The van der Waals surface area contributed by atoms with Gasteiger partial charge in [0.15, 0.2) is 0 Å². The Bertz CT molecular complexity index is 972. The van der Waals surface area contributed by atoms with Crippen LogP contribution in [-0.2, 0) is 6.42 Å². The largest absolute Gasteiger partial charge is 0.341 e. The van der Waals surface area contributed by atoms with E-state index in [-0.39, 0.29) is 5.56 Å². The van der Waals surface area contributed by atoms with Crippen molar-refractivity contribution in [2.75, 3.05) is 31.1 Å². The van der Waals surface area contributed by atoms with E-state index in [2.05, 4.69) is 50.2 Å². The van der Waals surface area contributed by atoms with E-state index in [0.717, 1.165) is 59.5 Å². The molecule has 26 heavy (non-hydrogen) atoms. The first-order valence-corrected chi connectivity index (χ1v) is 10.6. The molecule has 0 radical (unpaired) electrons. The number of nitrogens with one attached hydrogen (secondary N) is 2. The number of nitrogens with zero attached hydrogens (tertiary/aromatic N) is 2. The summed E-state index contributed by atoms with van der Waals surface area (Å²) >= 11 is 5.12. The van der Waals surface area contributed by atoms with Crippen molar-refractivity contribution >= 4 is 43.4 Å². The van der Waals surface area contributed by atoms with Gasteiger partial charge in [-0.15, -0.1) is 11.3 Å². The number of aryl methyl sites for hydroxylation is 1. The predicted molar refractivity (Wildman–Crippen MR) is 112 cm³/mol. The molecule has 3 heterocycles. The minimum atomic E-state index is -0.0453. The molecular formula is C19H21BrN4OS. The van der Waals surface area contributed by atoms with Crippen LogP contribution in [0.3, 0.4) is 0 Å². The first-order valence-electron chi connectivity index (χ1n) is 8.94. The number of fused-ring (bicyclic) bond motifs is 1. The van der Waals surface area contributed by atoms with Crippen LogP contribution in [0.5, 0.6) is 0 Å². The molecule has 0 unspecified atom stereocenters. The lowest BCUT2D eigenvalue weighted by Gasteiger charge is -2.20. The SMILES string of the molecule is CCc1sc2nc(N3CCCNCC3)[nH]c(=O)c2c1-c1ccc(Br)cc1. The van der Waals surface area contributed by atoms with E-state index in [4.69, 9.17) is 4.98 Å². The zero-order valence-corrected chi connectivity index (χ0v) is 17.0. The molecule has 1 aromatic carbocycles. The zero-order valence-electron chi connectivity index (χ0n) is 14.6. The van der Waals surface area contributed by atoms with Crippen molar-refractivity contribution in [1.29, 1.82) is 0 Å². The van der Waals surface area contributed by atoms with Gasteiger partial charge < -0.3 is 10.2 Å². The number of benzene rings is 1. The Morgan fingerprint density at radius 2 is 2.04 bits per heavy atom. The van der Waals surface area contributed by atoms with E-state index >= 15 is 0 Å². The monoisotopic (exact) mass is 432 g/mol. The molecule has 0 aliphatic carbocycles. The van der Waals surface area contributed by atoms with E-state index in [1.165, 1.54) is 4.88 Å². The van der Waals surface area contributed by atoms with Gasteiger partial charge in [0.25, 0.3) is 5.56 Å². The molecule has 1 aliphatic rings. The minimum Gasteiger partial charge on any atom is -0.341 e. The van der Waals surface area contributed by atoms with Crippen LogP contribution in [0.1, 0.15) is 18.2 Å². The highest BCUT2D eigenvalue weighted by atomic mass is 79.9. The molecule has 1 saturated heterocycles. The number of rotatable bonds is 3. The van der Waals surface area contributed by atoms with E-state index in [9.17, 15) is 4.79 Å². The Balaban J connectivity index is 1.86. The average molecular weight is 433 g/mol. The van der Waals surface area contributed by atoms with E-state index < -0.39 is 0 Å². The normalized spacial score (nSPS) is 15.4. The molecule has 0 bridgehead atoms. The van der Waals surface area contributed by atoms with Crippen LogP contribution in [0.4, 0.5) is 5.95 Å². The second kappa shape index (κ2) is 7.50. The number of hydrogen-bond donors (Lipinski definition) is 2. The number of aromatic amines is 1. The van der Waals surface area contributed by atoms with Crippen molar-refractivity contribution < 1.29 is 0 Å². The smallest absolute Gasteiger partial charge is 0.261 e. The molecule has 4 rings (SSSR count). The minimum absolute atomic E-state index is 0.0453. The first kappa shape index (κ1) is 17.7. The Kier molecular flexibility index (Phi) is 5.11. The Hall–Kier alpha value is -1.70. The van der Waals surface area contributed by atoms with Gasteiger partial charge in [-0.2, -0.15) is 0 Å². The molecule has 2 aromatic heterocycles. The van der Waals surface area contributed by atoms with Gasteiger partial charge in [-0.3, -0.25) is 9.78 Å². The van der Waals surface area contributed by atoms with Gasteiger partial charge in [-0.1, -0.05) is 35.0 Å². The molecule has 0 atom stereocenters. The number of thiophene rings is 1. The lowest BCUT2D eigenvalue weighted by molar-refractivity contribution is 0.724. The fourth-order valence-electron chi connectivity index (χ4n) is 3.42. The molecule has 0 spiro atoms. The van der Waals surface area contributed by atoms with Gasteiger partial charge in [0, 0.05) is 34.5 Å². The summed E-state index contributed by atoms with van der Waals surface area (Å²) < 4.78 is 1.03. The molecular weight excluding hydrogens is 412 g/mol.